The monoisotopic (exact) mass is 426 g/mol. The van der Waals surface area contributed by atoms with Crippen molar-refractivity contribution in [2.24, 2.45) is 0 Å². The maximum Gasteiger partial charge on any atom is 0.268 e. The maximum atomic E-state index is 12.6. The van der Waals surface area contributed by atoms with Crippen LogP contribution in [0.2, 0.25) is 0 Å². The number of aromatic nitrogens is 2. The standard InChI is InChI=1S/C21H22N4O4S/c1-13(22-18(26)9-6-14-4-7-15(29-3)8-5-14)21(28)25(2)12-17-23-16-10-11-30-19(16)20(27)24-17/h4-11,13H,12H2,1-3H3,(H,22,26)(H,23,24,27)/b9-6+. The van der Waals surface area contributed by atoms with Crippen molar-refractivity contribution in [1.82, 2.24) is 20.2 Å². The highest BCUT2D eigenvalue weighted by Crippen LogP contribution is 2.14. The van der Waals surface area contributed by atoms with Gasteiger partial charge in [0.15, 0.2) is 0 Å². The number of methoxy groups -OCH3 is 1. The number of amides is 2. The predicted octanol–water partition coefficient (Wildman–Crippen LogP) is 2.17. The average Bonchev–Trinajstić information content (AvgIpc) is 3.21. The summed E-state index contributed by atoms with van der Waals surface area (Å²) in [4.78, 5) is 45.3. The molecule has 0 spiro atoms. The van der Waals surface area contributed by atoms with Crippen LogP contribution in [0.1, 0.15) is 18.3 Å². The second kappa shape index (κ2) is 9.36. The van der Waals surface area contributed by atoms with E-state index < -0.39 is 6.04 Å². The SMILES string of the molecule is COc1ccc(/C=C/C(=O)NC(C)C(=O)N(C)Cc2nc3ccsc3c(=O)[nH]2)cc1. The molecule has 3 aromatic rings. The molecule has 9 heteroatoms. The number of carbonyl (C=O) groups excluding carboxylic acids is 2. The Balaban J connectivity index is 1.57. The third-order valence-corrected chi connectivity index (χ3v) is 5.30. The van der Waals surface area contributed by atoms with Crippen LogP contribution in [-0.4, -0.2) is 46.9 Å². The molecule has 3 rings (SSSR count). The lowest BCUT2D eigenvalue weighted by Gasteiger charge is -2.21. The second-order valence-electron chi connectivity index (χ2n) is 6.68. The molecule has 2 heterocycles. The molecule has 1 aromatic carbocycles. The molecule has 2 aromatic heterocycles. The summed E-state index contributed by atoms with van der Waals surface area (Å²) in [7, 11) is 3.18. The lowest BCUT2D eigenvalue weighted by molar-refractivity contribution is -0.134. The Morgan fingerprint density at radius 3 is 2.73 bits per heavy atom. The number of H-pyrrole nitrogens is 1. The minimum Gasteiger partial charge on any atom is -0.497 e. The van der Waals surface area contributed by atoms with E-state index in [1.807, 2.05) is 12.1 Å². The van der Waals surface area contributed by atoms with Crippen molar-refractivity contribution in [3.8, 4) is 5.75 Å². The van der Waals surface area contributed by atoms with E-state index in [2.05, 4.69) is 15.3 Å². The first-order valence-corrected chi connectivity index (χ1v) is 10.1. The van der Waals surface area contributed by atoms with Crippen LogP contribution in [0.4, 0.5) is 0 Å². The van der Waals surface area contributed by atoms with Crippen LogP contribution in [0, 0.1) is 0 Å². The molecule has 0 aliphatic rings. The molecule has 156 valence electrons. The number of carbonyl (C=O) groups is 2. The molecular weight excluding hydrogens is 404 g/mol. The predicted molar refractivity (Wildman–Crippen MR) is 116 cm³/mol. The Hall–Kier alpha value is -3.46. The zero-order chi connectivity index (χ0) is 21.7. The summed E-state index contributed by atoms with van der Waals surface area (Å²) in [6, 6.07) is 8.26. The highest BCUT2D eigenvalue weighted by molar-refractivity contribution is 7.17. The fourth-order valence-electron chi connectivity index (χ4n) is 2.84. The van der Waals surface area contributed by atoms with Crippen molar-refractivity contribution in [3.05, 3.63) is 63.5 Å². The molecule has 0 aliphatic carbocycles. The molecule has 0 aliphatic heterocycles. The van der Waals surface area contributed by atoms with E-state index in [0.29, 0.717) is 16.0 Å². The summed E-state index contributed by atoms with van der Waals surface area (Å²) >= 11 is 1.32. The van der Waals surface area contributed by atoms with Crippen LogP contribution in [-0.2, 0) is 16.1 Å². The van der Waals surface area contributed by atoms with E-state index in [9.17, 15) is 14.4 Å². The Morgan fingerprint density at radius 2 is 2.03 bits per heavy atom. The molecular formula is C21H22N4O4S. The van der Waals surface area contributed by atoms with Gasteiger partial charge < -0.3 is 19.9 Å². The average molecular weight is 426 g/mol. The third-order valence-electron chi connectivity index (χ3n) is 4.40. The van der Waals surface area contributed by atoms with Gasteiger partial charge >= 0.3 is 0 Å². The normalized spacial score (nSPS) is 12.1. The summed E-state index contributed by atoms with van der Waals surface area (Å²) in [5, 5.41) is 4.44. The number of hydrogen-bond donors (Lipinski definition) is 2. The van der Waals surface area contributed by atoms with Crippen molar-refractivity contribution in [2.75, 3.05) is 14.2 Å². The number of aromatic amines is 1. The van der Waals surface area contributed by atoms with Crippen molar-refractivity contribution in [1.29, 1.82) is 0 Å². The van der Waals surface area contributed by atoms with Crippen molar-refractivity contribution < 1.29 is 14.3 Å². The van der Waals surface area contributed by atoms with Crippen LogP contribution in [0.3, 0.4) is 0 Å². The smallest absolute Gasteiger partial charge is 0.268 e. The number of fused-ring (bicyclic) bond motifs is 1. The Bertz CT molecular complexity index is 1130. The highest BCUT2D eigenvalue weighted by Gasteiger charge is 2.20. The molecule has 1 atom stereocenters. The van der Waals surface area contributed by atoms with Gasteiger partial charge in [0.2, 0.25) is 11.8 Å². The third kappa shape index (κ3) is 5.12. The lowest BCUT2D eigenvalue weighted by atomic mass is 10.2. The molecule has 2 amide bonds. The number of benzene rings is 1. The molecule has 8 nitrogen and oxygen atoms in total. The summed E-state index contributed by atoms with van der Waals surface area (Å²) in [5.74, 6) is 0.438. The fraction of sp³-hybridized carbons (Fsp3) is 0.238. The number of thiophene rings is 1. The van der Waals surface area contributed by atoms with E-state index >= 15 is 0 Å². The molecule has 2 N–H and O–H groups in total. The largest absolute Gasteiger partial charge is 0.497 e. The number of ether oxygens (including phenoxy) is 1. The van der Waals surface area contributed by atoms with Crippen molar-refractivity contribution in [2.45, 2.75) is 19.5 Å². The summed E-state index contributed by atoms with van der Waals surface area (Å²) in [6.07, 6.45) is 3.02. The number of nitrogens with zero attached hydrogens (tertiary/aromatic N) is 2. The van der Waals surface area contributed by atoms with Gasteiger partial charge in [-0.1, -0.05) is 12.1 Å². The summed E-state index contributed by atoms with van der Waals surface area (Å²) in [6.45, 7) is 1.73. The lowest BCUT2D eigenvalue weighted by Crippen LogP contribution is -2.45. The fourth-order valence-corrected chi connectivity index (χ4v) is 3.57. The zero-order valence-electron chi connectivity index (χ0n) is 16.8. The number of likely N-dealkylation sites (N-methyl/N-ethyl adjacent to an activating group) is 1. The van der Waals surface area contributed by atoms with Gasteiger partial charge in [-0.15, -0.1) is 11.3 Å². The Labute approximate surface area is 177 Å². The van der Waals surface area contributed by atoms with E-state index in [4.69, 9.17) is 4.74 Å². The first-order valence-electron chi connectivity index (χ1n) is 9.21. The summed E-state index contributed by atoms with van der Waals surface area (Å²) < 4.78 is 5.65. The first kappa shape index (κ1) is 21.3. The van der Waals surface area contributed by atoms with E-state index in [1.54, 1.807) is 50.7 Å². The molecule has 0 fully saturated rings. The minimum absolute atomic E-state index is 0.127. The highest BCUT2D eigenvalue weighted by atomic mass is 32.1. The van der Waals surface area contributed by atoms with Gasteiger partial charge in [-0.3, -0.25) is 14.4 Å². The van der Waals surface area contributed by atoms with Gasteiger partial charge in [0.25, 0.3) is 5.56 Å². The van der Waals surface area contributed by atoms with Crippen molar-refractivity contribution in [3.63, 3.8) is 0 Å². The number of rotatable bonds is 7. The quantitative estimate of drug-likeness (QED) is 0.564. The van der Waals surface area contributed by atoms with Crippen LogP contribution >= 0.6 is 11.3 Å². The first-order chi connectivity index (χ1) is 14.4. The van der Waals surface area contributed by atoms with E-state index in [0.717, 1.165) is 11.3 Å². The number of hydrogen-bond acceptors (Lipinski definition) is 6. The molecule has 0 radical (unpaired) electrons. The number of nitrogens with one attached hydrogen (secondary N) is 2. The molecule has 0 saturated heterocycles. The Morgan fingerprint density at radius 1 is 1.30 bits per heavy atom. The van der Waals surface area contributed by atoms with Gasteiger partial charge in [-0.05, 0) is 42.1 Å². The second-order valence-corrected chi connectivity index (χ2v) is 7.59. The van der Waals surface area contributed by atoms with Crippen LogP contribution in [0.15, 0.2) is 46.6 Å². The van der Waals surface area contributed by atoms with Gasteiger partial charge in [-0.25, -0.2) is 4.98 Å². The minimum atomic E-state index is -0.736. The van der Waals surface area contributed by atoms with Crippen molar-refractivity contribution >= 4 is 39.4 Å². The van der Waals surface area contributed by atoms with E-state index in [1.165, 1.54) is 22.3 Å². The topological polar surface area (TPSA) is 104 Å². The Kier molecular flexibility index (Phi) is 6.63. The van der Waals surface area contributed by atoms with Gasteiger partial charge in [0.1, 0.15) is 22.3 Å². The molecule has 30 heavy (non-hydrogen) atoms. The summed E-state index contributed by atoms with van der Waals surface area (Å²) in [5.41, 5.74) is 1.21. The van der Waals surface area contributed by atoms with Gasteiger partial charge in [0.05, 0.1) is 19.2 Å². The maximum absolute atomic E-state index is 12.6. The zero-order valence-corrected chi connectivity index (χ0v) is 17.7. The molecule has 0 bridgehead atoms. The van der Waals surface area contributed by atoms with Crippen LogP contribution < -0.4 is 15.6 Å². The molecule has 0 saturated carbocycles. The molecule has 1 unspecified atom stereocenters. The van der Waals surface area contributed by atoms with Gasteiger partial charge in [0, 0.05) is 13.1 Å². The van der Waals surface area contributed by atoms with Crippen LogP contribution in [0.5, 0.6) is 5.75 Å². The van der Waals surface area contributed by atoms with E-state index in [-0.39, 0.29) is 23.9 Å². The van der Waals surface area contributed by atoms with Crippen LogP contribution in [0.25, 0.3) is 16.3 Å². The van der Waals surface area contributed by atoms with Gasteiger partial charge in [-0.2, -0.15) is 0 Å².